The smallest absolute Gasteiger partial charge is 0.338 e. The van der Waals surface area contributed by atoms with E-state index in [-0.39, 0.29) is 11.3 Å². The van der Waals surface area contributed by atoms with Gasteiger partial charge in [-0.1, -0.05) is 76.6 Å². The third-order valence-corrected chi connectivity index (χ3v) is 11.1. The van der Waals surface area contributed by atoms with Crippen LogP contribution in [-0.4, -0.2) is 47.0 Å². The molecule has 1 saturated heterocycles. The number of ether oxygens (including phenoxy) is 1. The van der Waals surface area contributed by atoms with Gasteiger partial charge < -0.3 is 10.1 Å². The first-order valence-electron chi connectivity index (χ1n) is 14.8. The van der Waals surface area contributed by atoms with Crippen LogP contribution in [0.2, 0.25) is 0 Å². The van der Waals surface area contributed by atoms with Crippen LogP contribution < -0.4 is 5.32 Å². The minimum absolute atomic E-state index is 0.169. The summed E-state index contributed by atoms with van der Waals surface area (Å²) in [6.07, 6.45) is 0. The van der Waals surface area contributed by atoms with E-state index in [2.05, 4.69) is 21.2 Å². The summed E-state index contributed by atoms with van der Waals surface area (Å²) in [7, 11) is 0. The summed E-state index contributed by atoms with van der Waals surface area (Å²) in [5.74, 6) is -4.85. The fraction of sp³-hybridized carbons (Fsp3) is 0.194. The van der Waals surface area contributed by atoms with Gasteiger partial charge in [0.25, 0.3) is 0 Å². The molecule has 1 heterocycles. The lowest BCUT2D eigenvalue weighted by molar-refractivity contribution is -0.146. The fourth-order valence-electron chi connectivity index (χ4n) is 7.06. The summed E-state index contributed by atoms with van der Waals surface area (Å²) in [5.41, 5.74) is 3.60. The van der Waals surface area contributed by atoms with Crippen molar-refractivity contribution in [2.24, 2.45) is 11.8 Å². The molecular weight excluding hydrogens is 707 g/mol. The van der Waals surface area contributed by atoms with E-state index in [4.69, 9.17) is 27.9 Å². The summed E-state index contributed by atoms with van der Waals surface area (Å²) >= 11 is 18.2. The van der Waals surface area contributed by atoms with Gasteiger partial charge in [-0.25, -0.2) is 4.79 Å². The number of alkyl halides is 2. The van der Waals surface area contributed by atoms with Crippen LogP contribution >= 0.6 is 39.1 Å². The van der Waals surface area contributed by atoms with Crippen LogP contribution in [0, 0.1) is 11.8 Å². The van der Waals surface area contributed by atoms with E-state index < -0.39 is 57.9 Å². The first kappa shape index (κ1) is 31.3. The van der Waals surface area contributed by atoms with Crippen molar-refractivity contribution in [3.63, 3.8) is 0 Å². The Labute approximate surface area is 288 Å². The van der Waals surface area contributed by atoms with E-state index in [0.29, 0.717) is 33.5 Å². The number of Topliss-reactive ketones (excluding diaryl/α,β-unsaturated/α-hetero) is 1. The number of hydrogen-bond acceptors (Lipinski definition) is 6. The van der Waals surface area contributed by atoms with Gasteiger partial charge >= 0.3 is 5.97 Å². The van der Waals surface area contributed by atoms with Crippen LogP contribution in [0.15, 0.2) is 102 Å². The normalized spacial score (nSPS) is 24.2. The zero-order valence-corrected chi connectivity index (χ0v) is 27.8. The molecule has 4 aromatic rings. The lowest BCUT2D eigenvalue weighted by atomic mass is 9.54. The molecule has 0 spiro atoms. The van der Waals surface area contributed by atoms with E-state index in [0.717, 1.165) is 9.37 Å². The number of likely N-dealkylation sites (tertiary alicyclic amines) is 1. The molecule has 1 aliphatic heterocycles. The van der Waals surface area contributed by atoms with Crippen LogP contribution in [-0.2, 0) is 28.9 Å². The van der Waals surface area contributed by atoms with E-state index in [1.54, 1.807) is 24.3 Å². The molecule has 8 nitrogen and oxygen atoms in total. The second-order valence-electron chi connectivity index (χ2n) is 11.8. The average molecular weight is 732 g/mol. The molecule has 0 aromatic heterocycles. The number of carbonyl (C=O) groups is 5. The number of benzene rings is 4. The standard InChI is InChI=1S/C36H25BrCl2N2O6/c1-19(31(43)40-23-16-12-21(13-17-23)34(46)47-18-28(42)20-10-14-22(37)15-11-20)41-32(44)29-30(33(41)45)36(39)25-7-3-2-6-24(25)35(29,38)26-8-4-5-9-27(26)36/h2-17,19,29-30H,18H2,1H3,(H,40,43)/t19-,29-,30+,35?,36?/m0/s1. The van der Waals surface area contributed by atoms with Gasteiger partial charge in [0.1, 0.15) is 15.8 Å². The summed E-state index contributed by atoms with van der Waals surface area (Å²) < 4.78 is 5.99. The summed E-state index contributed by atoms with van der Waals surface area (Å²) in [6, 6.07) is 26.0. The first-order valence-corrected chi connectivity index (χ1v) is 16.3. The molecule has 11 heteroatoms. The van der Waals surface area contributed by atoms with E-state index in [9.17, 15) is 24.0 Å². The highest BCUT2D eigenvalue weighted by Crippen LogP contribution is 2.69. The Morgan fingerprint density at radius 1 is 0.766 bits per heavy atom. The number of rotatable bonds is 7. The van der Waals surface area contributed by atoms with Crippen LogP contribution in [0.5, 0.6) is 0 Å². The van der Waals surface area contributed by atoms with E-state index >= 15 is 0 Å². The van der Waals surface area contributed by atoms with E-state index in [1.165, 1.54) is 31.2 Å². The number of carbonyl (C=O) groups excluding carboxylic acids is 5. The van der Waals surface area contributed by atoms with Gasteiger partial charge in [-0.2, -0.15) is 0 Å². The van der Waals surface area contributed by atoms with Gasteiger partial charge in [-0.15, -0.1) is 23.2 Å². The molecule has 3 aliphatic carbocycles. The molecule has 236 valence electrons. The molecule has 3 amide bonds. The van der Waals surface area contributed by atoms with Crippen molar-refractivity contribution in [2.75, 3.05) is 11.9 Å². The van der Waals surface area contributed by atoms with Crippen LogP contribution in [0.1, 0.15) is 49.9 Å². The second-order valence-corrected chi connectivity index (χ2v) is 13.9. The maximum atomic E-state index is 14.1. The Morgan fingerprint density at radius 2 is 1.21 bits per heavy atom. The minimum Gasteiger partial charge on any atom is -0.454 e. The molecule has 1 fully saturated rings. The fourth-order valence-corrected chi connectivity index (χ4v) is 8.42. The number of ketones is 1. The number of halogens is 3. The Morgan fingerprint density at radius 3 is 1.68 bits per heavy atom. The summed E-state index contributed by atoms with van der Waals surface area (Å²) in [6.45, 7) is 1.04. The lowest BCUT2D eigenvalue weighted by Gasteiger charge is -2.54. The van der Waals surface area contributed by atoms with Crippen LogP contribution in [0.25, 0.3) is 0 Å². The van der Waals surface area contributed by atoms with Crippen LogP contribution in [0.4, 0.5) is 5.69 Å². The van der Waals surface area contributed by atoms with Crippen molar-refractivity contribution >= 4 is 74.3 Å². The number of esters is 1. The number of imide groups is 1. The van der Waals surface area contributed by atoms with Gasteiger partial charge in [-0.05, 0) is 65.6 Å². The molecule has 0 radical (unpaired) electrons. The molecule has 4 aliphatic rings. The Hall–Kier alpha value is -4.31. The number of anilines is 1. The predicted octanol–water partition coefficient (Wildman–Crippen LogP) is 6.41. The highest BCUT2D eigenvalue weighted by atomic mass is 79.9. The number of nitrogens with one attached hydrogen (secondary N) is 1. The molecule has 1 N–H and O–H groups in total. The quantitative estimate of drug-likeness (QED) is 0.102. The third kappa shape index (κ3) is 4.66. The van der Waals surface area contributed by atoms with Gasteiger partial charge in [0.15, 0.2) is 12.4 Å². The Kier molecular flexibility index (Phi) is 7.62. The molecule has 0 saturated carbocycles. The molecule has 2 bridgehead atoms. The highest BCUT2D eigenvalue weighted by molar-refractivity contribution is 9.10. The van der Waals surface area contributed by atoms with Crippen molar-refractivity contribution in [3.8, 4) is 0 Å². The van der Waals surface area contributed by atoms with Crippen molar-refractivity contribution < 1.29 is 28.7 Å². The van der Waals surface area contributed by atoms with Crippen molar-refractivity contribution in [1.82, 2.24) is 4.90 Å². The van der Waals surface area contributed by atoms with Crippen molar-refractivity contribution in [2.45, 2.75) is 22.7 Å². The highest BCUT2D eigenvalue weighted by Gasteiger charge is 2.73. The minimum atomic E-state index is -1.35. The third-order valence-electron chi connectivity index (χ3n) is 9.27. The number of nitrogens with zero attached hydrogens (tertiary/aromatic N) is 1. The van der Waals surface area contributed by atoms with Crippen LogP contribution in [0.3, 0.4) is 0 Å². The maximum Gasteiger partial charge on any atom is 0.338 e. The molecular formula is C36H25BrCl2N2O6. The largest absolute Gasteiger partial charge is 0.454 e. The summed E-state index contributed by atoms with van der Waals surface area (Å²) in [4.78, 5) is 64.9. The predicted molar refractivity (Wildman–Crippen MR) is 178 cm³/mol. The average Bonchev–Trinajstić information content (AvgIpc) is 3.36. The van der Waals surface area contributed by atoms with Gasteiger partial charge in [0, 0.05) is 15.7 Å². The lowest BCUT2D eigenvalue weighted by Crippen LogP contribution is -2.57. The SMILES string of the molecule is C[C@@H](C(=O)Nc1ccc(C(=O)OCC(=O)c2ccc(Br)cc2)cc1)N1C(=O)[C@@H]2[C@H](C1=O)C1(Cl)c3ccccc3C2(Cl)c2ccccc21. The molecule has 3 atom stereocenters. The number of amides is 3. The summed E-state index contributed by atoms with van der Waals surface area (Å²) in [5, 5.41) is 2.71. The molecule has 47 heavy (non-hydrogen) atoms. The first-order chi connectivity index (χ1) is 22.5. The second kappa shape index (κ2) is 11.4. The van der Waals surface area contributed by atoms with E-state index in [1.807, 2.05) is 48.5 Å². The van der Waals surface area contributed by atoms with Crippen molar-refractivity contribution in [1.29, 1.82) is 0 Å². The molecule has 0 unspecified atom stereocenters. The zero-order valence-electron chi connectivity index (χ0n) is 24.7. The maximum absolute atomic E-state index is 14.1. The van der Waals surface area contributed by atoms with Gasteiger partial charge in [-0.3, -0.25) is 24.1 Å². The Balaban J connectivity index is 1.07. The van der Waals surface area contributed by atoms with Gasteiger partial charge in [0.2, 0.25) is 17.7 Å². The van der Waals surface area contributed by atoms with Crippen molar-refractivity contribution in [3.05, 3.63) is 135 Å². The molecule has 4 aromatic carbocycles. The number of hydrogen-bond donors (Lipinski definition) is 1. The monoisotopic (exact) mass is 730 g/mol. The molecule has 8 rings (SSSR count). The van der Waals surface area contributed by atoms with Gasteiger partial charge in [0.05, 0.1) is 17.4 Å². The topological polar surface area (TPSA) is 110 Å². The Bertz CT molecular complexity index is 1880. The zero-order chi connectivity index (χ0) is 33.2.